The first-order chi connectivity index (χ1) is 8.85. The lowest BCUT2D eigenvalue weighted by atomic mass is 9.85. The van der Waals surface area contributed by atoms with Gasteiger partial charge in [-0.2, -0.15) is 0 Å². The SMILES string of the molecule is CCC1CCCCC1OCc1ccoc1CNC. The molecule has 0 saturated heterocycles. The number of hydrogen-bond acceptors (Lipinski definition) is 3. The second-order valence-corrected chi connectivity index (χ2v) is 5.20. The van der Waals surface area contributed by atoms with Crippen molar-refractivity contribution in [2.24, 2.45) is 5.92 Å². The Kier molecular flexibility index (Phi) is 5.26. The van der Waals surface area contributed by atoms with Crippen LogP contribution in [0.3, 0.4) is 0 Å². The number of nitrogens with one attached hydrogen (secondary N) is 1. The van der Waals surface area contributed by atoms with E-state index in [9.17, 15) is 0 Å². The summed E-state index contributed by atoms with van der Waals surface area (Å²) in [6.07, 6.45) is 8.67. The molecule has 1 aromatic rings. The summed E-state index contributed by atoms with van der Waals surface area (Å²) in [6, 6.07) is 2.02. The third kappa shape index (κ3) is 3.36. The molecule has 1 fully saturated rings. The van der Waals surface area contributed by atoms with Gasteiger partial charge in [0.05, 0.1) is 25.5 Å². The van der Waals surface area contributed by atoms with Gasteiger partial charge in [-0.1, -0.05) is 26.2 Å². The molecule has 1 saturated carbocycles. The summed E-state index contributed by atoms with van der Waals surface area (Å²) in [5.74, 6) is 1.75. The van der Waals surface area contributed by atoms with Crippen LogP contribution >= 0.6 is 0 Å². The van der Waals surface area contributed by atoms with Gasteiger partial charge in [0.25, 0.3) is 0 Å². The summed E-state index contributed by atoms with van der Waals surface area (Å²) in [5.41, 5.74) is 1.18. The standard InChI is InChI=1S/C15H25NO2/c1-3-12-6-4-5-7-14(12)18-11-13-8-9-17-15(13)10-16-2/h8-9,12,14,16H,3-7,10-11H2,1-2H3. The molecule has 1 aliphatic rings. The summed E-state index contributed by atoms with van der Waals surface area (Å²) < 4.78 is 11.6. The van der Waals surface area contributed by atoms with Crippen LogP contribution in [0.2, 0.25) is 0 Å². The molecule has 102 valence electrons. The molecule has 18 heavy (non-hydrogen) atoms. The predicted molar refractivity (Wildman–Crippen MR) is 72.3 cm³/mol. The molecule has 1 aromatic heterocycles. The van der Waals surface area contributed by atoms with Crippen LogP contribution in [0.1, 0.15) is 50.4 Å². The van der Waals surface area contributed by atoms with E-state index >= 15 is 0 Å². The molecule has 1 aliphatic carbocycles. The van der Waals surface area contributed by atoms with Crippen molar-refractivity contribution in [2.45, 2.75) is 58.3 Å². The number of furan rings is 1. The second kappa shape index (κ2) is 6.95. The summed E-state index contributed by atoms with van der Waals surface area (Å²) >= 11 is 0. The molecule has 1 N–H and O–H groups in total. The van der Waals surface area contributed by atoms with Crippen LogP contribution in [-0.4, -0.2) is 13.2 Å². The molecule has 2 atom stereocenters. The molecule has 0 aliphatic heterocycles. The summed E-state index contributed by atoms with van der Waals surface area (Å²) in [7, 11) is 1.93. The zero-order valence-electron chi connectivity index (χ0n) is 11.6. The molecule has 0 spiro atoms. The number of ether oxygens (including phenoxy) is 1. The Labute approximate surface area is 110 Å². The van der Waals surface area contributed by atoms with E-state index < -0.39 is 0 Å². The Morgan fingerprint density at radius 3 is 3.00 bits per heavy atom. The maximum absolute atomic E-state index is 6.13. The van der Waals surface area contributed by atoms with Crippen LogP contribution in [0.5, 0.6) is 0 Å². The van der Waals surface area contributed by atoms with Crippen LogP contribution in [0.4, 0.5) is 0 Å². The van der Waals surface area contributed by atoms with Gasteiger partial charge in [0.2, 0.25) is 0 Å². The Balaban J connectivity index is 1.87. The van der Waals surface area contributed by atoms with Crippen molar-refractivity contribution in [3.8, 4) is 0 Å². The van der Waals surface area contributed by atoms with Gasteiger partial charge in [-0.25, -0.2) is 0 Å². The van der Waals surface area contributed by atoms with E-state index in [1.165, 1.54) is 37.7 Å². The smallest absolute Gasteiger partial charge is 0.123 e. The lowest BCUT2D eigenvalue weighted by Crippen LogP contribution is -2.27. The first kappa shape index (κ1) is 13.6. The number of rotatable bonds is 6. The van der Waals surface area contributed by atoms with Crippen molar-refractivity contribution < 1.29 is 9.15 Å². The molecule has 2 rings (SSSR count). The highest BCUT2D eigenvalue weighted by atomic mass is 16.5. The monoisotopic (exact) mass is 251 g/mol. The highest BCUT2D eigenvalue weighted by molar-refractivity contribution is 5.15. The maximum Gasteiger partial charge on any atom is 0.123 e. The van der Waals surface area contributed by atoms with Crippen LogP contribution < -0.4 is 5.32 Å². The Morgan fingerprint density at radius 1 is 1.39 bits per heavy atom. The summed E-state index contributed by atoms with van der Waals surface area (Å²) in [6.45, 7) is 3.73. The molecule has 3 heteroatoms. The lowest BCUT2D eigenvalue weighted by molar-refractivity contribution is -0.0226. The lowest BCUT2D eigenvalue weighted by Gasteiger charge is -2.30. The van der Waals surface area contributed by atoms with Crippen molar-refractivity contribution in [3.05, 3.63) is 23.7 Å². The highest BCUT2D eigenvalue weighted by Crippen LogP contribution is 2.30. The van der Waals surface area contributed by atoms with Crippen LogP contribution in [0, 0.1) is 5.92 Å². The normalized spacial score (nSPS) is 24.3. The van der Waals surface area contributed by atoms with Crippen LogP contribution in [0.15, 0.2) is 16.7 Å². The minimum atomic E-state index is 0.445. The predicted octanol–water partition coefficient (Wildman–Crippen LogP) is 3.48. The van der Waals surface area contributed by atoms with Gasteiger partial charge in [0.1, 0.15) is 5.76 Å². The van der Waals surface area contributed by atoms with E-state index in [1.54, 1.807) is 6.26 Å². The van der Waals surface area contributed by atoms with E-state index in [0.717, 1.165) is 18.2 Å². The fourth-order valence-electron chi connectivity index (χ4n) is 2.87. The van der Waals surface area contributed by atoms with Gasteiger partial charge < -0.3 is 14.5 Å². The van der Waals surface area contributed by atoms with Crippen LogP contribution in [-0.2, 0) is 17.9 Å². The van der Waals surface area contributed by atoms with Gasteiger partial charge in [0, 0.05) is 5.56 Å². The van der Waals surface area contributed by atoms with E-state index in [2.05, 4.69) is 12.2 Å². The van der Waals surface area contributed by atoms with Crippen molar-refractivity contribution in [3.63, 3.8) is 0 Å². The second-order valence-electron chi connectivity index (χ2n) is 5.20. The third-order valence-corrected chi connectivity index (χ3v) is 3.99. The highest BCUT2D eigenvalue weighted by Gasteiger charge is 2.24. The average molecular weight is 251 g/mol. The topological polar surface area (TPSA) is 34.4 Å². The molecule has 0 radical (unpaired) electrons. The van der Waals surface area contributed by atoms with Gasteiger partial charge in [-0.15, -0.1) is 0 Å². The van der Waals surface area contributed by atoms with Crippen molar-refractivity contribution in [2.75, 3.05) is 7.05 Å². The van der Waals surface area contributed by atoms with Crippen molar-refractivity contribution >= 4 is 0 Å². The first-order valence-electron chi connectivity index (χ1n) is 7.16. The van der Waals surface area contributed by atoms with Gasteiger partial charge >= 0.3 is 0 Å². The van der Waals surface area contributed by atoms with E-state index in [4.69, 9.17) is 9.15 Å². The molecule has 3 nitrogen and oxygen atoms in total. The molecule has 0 bridgehead atoms. The minimum Gasteiger partial charge on any atom is -0.468 e. The van der Waals surface area contributed by atoms with E-state index in [1.807, 2.05) is 13.1 Å². The Hall–Kier alpha value is -0.800. The molecular formula is C15H25NO2. The third-order valence-electron chi connectivity index (χ3n) is 3.99. The van der Waals surface area contributed by atoms with Crippen molar-refractivity contribution in [1.29, 1.82) is 0 Å². The Bertz CT molecular complexity index is 348. The fourth-order valence-corrected chi connectivity index (χ4v) is 2.87. The quantitative estimate of drug-likeness (QED) is 0.840. The molecule has 0 amide bonds. The molecular weight excluding hydrogens is 226 g/mol. The molecule has 0 aromatic carbocycles. The average Bonchev–Trinajstić information content (AvgIpc) is 2.84. The zero-order valence-corrected chi connectivity index (χ0v) is 11.6. The van der Waals surface area contributed by atoms with Gasteiger partial charge in [-0.3, -0.25) is 0 Å². The number of hydrogen-bond donors (Lipinski definition) is 1. The van der Waals surface area contributed by atoms with Crippen molar-refractivity contribution in [1.82, 2.24) is 5.32 Å². The van der Waals surface area contributed by atoms with E-state index in [-0.39, 0.29) is 0 Å². The largest absolute Gasteiger partial charge is 0.468 e. The molecule has 2 unspecified atom stereocenters. The maximum atomic E-state index is 6.13. The first-order valence-corrected chi connectivity index (χ1v) is 7.16. The summed E-state index contributed by atoms with van der Waals surface area (Å²) in [4.78, 5) is 0. The summed E-state index contributed by atoms with van der Waals surface area (Å²) in [5, 5.41) is 3.12. The minimum absolute atomic E-state index is 0.445. The fraction of sp³-hybridized carbons (Fsp3) is 0.733. The van der Waals surface area contributed by atoms with Crippen LogP contribution in [0.25, 0.3) is 0 Å². The molecule has 1 heterocycles. The van der Waals surface area contributed by atoms with Gasteiger partial charge in [-0.05, 0) is 31.9 Å². The van der Waals surface area contributed by atoms with E-state index in [0.29, 0.717) is 12.7 Å². The zero-order chi connectivity index (χ0) is 12.8. The Morgan fingerprint density at radius 2 is 2.22 bits per heavy atom. The van der Waals surface area contributed by atoms with Gasteiger partial charge in [0.15, 0.2) is 0 Å².